The number of rotatable bonds is 3. The minimum atomic E-state index is -4.83. The van der Waals surface area contributed by atoms with Gasteiger partial charge in [0.25, 0.3) is 5.56 Å². The lowest BCUT2D eigenvalue weighted by molar-refractivity contribution is -0.141. The summed E-state index contributed by atoms with van der Waals surface area (Å²) in [5.41, 5.74) is -2.45. The summed E-state index contributed by atoms with van der Waals surface area (Å²) >= 11 is 11.5. The van der Waals surface area contributed by atoms with Gasteiger partial charge in [0.2, 0.25) is 0 Å². The van der Waals surface area contributed by atoms with Gasteiger partial charge in [0.05, 0.1) is 16.6 Å². The van der Waals surface area contributed by atoms with E-state index in [1.807, 2.05) is 4.98 Å². The van der Waals surface area contributed by atoms with Gasteiger partial charge in [-0.25, -0.2) is 15.0 Å². The van der Waals surface area contributed by atoms with Crippen LogP contribution >= 0.6 is 23.2 Å². The quantitative estimate of drug-likeness (QED) is 0.658. The Kier molecular flexibility index (Phi) is 4.83. The SMILES string of the molecule is O=c1cc(C(F)(F)F)nc(S(=O)Cc2c(Cl)ncnc2Cl)[nH]1. The minimum Gasteiger partial charge on any atom is -0.299 e. The highest BCUT2D eigenvalue weighted by Gasteiger charge is 2.34. The number of hydrogen-bond acceptors (Lipinski definition) is 5. The normalized spacial score (nSPS) is 13.1. The van der Waals surface area contributed by atoms with Crippen molar-refractivity contribution in [3.05, 3.63) is 44.3 Å². The fraction of sp³-hybridized carbons (Fsp3) is 0.200. The number of nitrogens with one attached hydrogen (secondary N) is 1. The molecule has 2 rings (SSSR count). The lowest BCUT2D eigenvalue weighted by Gasteiger charge is -2.08. The summed E-state index contributed by atoms with van der Waals surface area (Å²) in [6, 6.07) is 0.270. The largest absolute Gasteiger partial charge is 0.433 e. The van der Waals surface area contributed by atoms with Crippen molar-refractivity contribution in [2.45, 2.75) is 17.1 Å². The standard InChI is InChI=1S/C10H5Cl2F3N4O2S/c11-7-4(8(12)17-3-16-7)2-22(21)9-18-5(10(13,14)15)1-6(20)19-9/h1,3H,2H2,(H,18,19,20). The van der Waals surface area contributed by atoms with Crippen LogP contribution in [0.1, 0.15) is 11.3 Å². The molecule has 6 nitrogen and oxygen atoms in total. The van der Waals surface area contributed by atoms with Crippen molar-refractivity contribution in [2.75, 3.05) is 0 Å². The van der Waals surface area contributed by atoms with Crippen LogP contribution in [0.15, 0.2) is 22.3 Å². The molecule has 0 aliphatic rings. The van der Waals surface area contributed by atoms with E-state index >= 15 is 0 Å². The van der Waals surface area contributed by atoms with Gasteiger partial charge in [0.15, 0.2) is 10.9 Å². The van der Waals surface area contributed by atoms with Gasteiger partial charge in [-0.15, -0.1) is 0 Å². The number of alkyl halides is 3. The zero-order valence-corrected chi connectivity index (χ0v) is 12.6. The number of aromatic nitrogens is 4. The first-order chi connectivity index (χ1) is 10.2. The predicted molar refractivity (Wildman–Crippen MR) is 72.0 cm³/mol. The van der Waals surface area contributed by atoms with Crippen LogP contribution in [0.2, 0.25) is 10.3 Å². The second-order valence-corrected chi connectivity index (χ2v) is 5.94. The molecular formula is C10H5Cl2F3N4O2S. The van der Waals surface area contributed by atoms with E-state index in [2.05, 4.69) is 15.0 Å². The third-order valence-corrected chi connectivity index (χ3v) is 4.17. The lowest BCUT2D eigenvalue weighted by Crippen LogP contribution is -2.19. The van der Waals surface area contributed by atoms with Gasteiger partial charge >= 0.3 is 6.18 Å². The van der Waals surface area contributed by atoms with Crippen molar-refractivity contribution >= 4 is 34.0 Å². The molecule has 0 saturated heterocycles. The molecular weight excluding hydrogens is 368 g/mol. The number of halogens is 5. The number of H-pyrrole nitrogens is 1. The molecule has 0 bridgehead atoms. The van der Waals surface area contributed by atoms with Crippen molar-refractivity contribution in [1.29, 1.82) is 0 Å². The molecule has 0 amide bonds. The molecule has 2 heterocycles. The van der Waals surface area contributed by atoms with E-state index < -0.39 is 39.1 Å². The van der Waals surface area contributed by atoms with E-state index in [0.717, 1.165) is 6.33 Å². The summed E-state index contributed by atoms with van der Waals surface area (Å²) in [7, 11) is -2.13. The average molecular weight is 373 g/mol. The van der Waals surface area contributed by atoms with E-state index in [4.69, 9.17) is 23.2 Å². The van der Waals surface area contributed by atoms with Gasteiger partial charge in [0.1, 0.15) is 16.6 Å². The maximum absolute atomic E-state index is 12.6. The second-order valence-electron chi connectivity index (χ2n) is 3.86. The number of nitrogens with zero attached hydrogens (tertiary/aromatic N) is 3. The molecule has 0 fully saturated rings. The zero-order valence-electron chi connectivity index (χ0n) is 10.3. The number of hydrogen-bond donors (Lipinski definition) is 1. The van der Waals surface area contributed by atoms with Crippen LogP contribution in [0, 0.1) is 0 Å². The van der Waals surface area contributed by atoms with Crippen LogP contribution in [0.3, 0.4) is 0 Å². The smallest absolute Gasteiger partial charge is 0.299 e. The molecule has 2 aromatic heterocycles. The fourth-order valence-electron chi connectivity index (χ4n) is 1.38. The second kappa shape index (κ2) is 6.31. The van der Waals surface area contributed by atoms with Gasteiger partial charge in [-0.2, -0.15) is 13.2 Å². The van der Waals surface area contributed by atoms with Gasteiger partial charge in [-0.3, -0.25) is 14.0 Å². The monoisotopic (exact) mass is 372 g/mol. The van der Waals surface area contributed by atoms with Gasteiger partial charge in [0, 0.05) is 11.6 Å². The Morgan fingerprint density at radius 1 is 1.23 bits per heavy atom. The molecule has 2 aromatic rings. The first-order valence-corrected chi connectivity index (χ1v) is 7.48. The van der Waals surface area contributed by atoms with Crippen molar-refractivity contribution in [3.8, 4) is 0 Å². The highest BCUT2D eigenvalue weighted by atomic mass is 35.5. The molecule has 22 heavy (non-hydrogen) atoms. The molecule has 1 unspecified atom stereocenters. The summed E-state index contributed by atoms with van der Waals surface area (Å²) in [5, 5.41) is -0.832. The number of aromatic amines is 1. The van der Waals surface area contributed by atoms with Crippen LogP contribution in [-0.2, 0) is 22.7 Å². The Morgan fingerprint density at radius 3 is 2.36 bits per heavy atom. The highest BCUT2D eigenvalue weighted by molar-refractivity contribution is 7.84. The molecule has 118 valence electrons. The molecule has 0 aliphatic heterocycles. The fourth-order valence-corrected chi connectivity index (χ4v) is 3.07. The zero-order chi connectivity index (χ0) is 16.5. The Balaban J connectivity index is 2.39. The Bertz CT molecular complexity index is 776. The van der Waals surface area contributed by atoms with Crippen molar-refractivity contribution in [1.82, 2.24) is 19.9 Å². The van der Waals surface area contributed by atoms with E-state index in [-0.39, 0.29) is 21.9 Å². The van der Waals surface area contributed by atoms with E-state index in [9.17, 15) is 22.2 Å². The van der Waals surface area contributed by atoms with Crippen LogP contribution in [-0.4, -0.2) is 24.1 Å². The van der Waals surface area contributed by atoms with Gasteiger partial charge in [-0.05, 0) is 0 Å². The summed E-state index contributed by atoms with van der Waals surface area (Å²) in [4.78, 5) is 23.6. The molecule has 1 N–H and O–H groups in total. The summed E-state index contributed by atoms with van der Waals surface area (Å²) in [5.74, 6) is -0.400. The van der Waals surface area contributed by atoms with Crippen molar-refractivity contribution in [2.24, 2.45) is 0 Å². The van der Waals surface area contributed by atoms with Crippen molar-refractivity contribution < 1.29 is 17.4 Å². The lowest BCUT2D eigenvalue weighted by atomic mass is 10.4. The molecule has 1 atom stereocenters. The van der Waals surface area contributed by atoms with Crippen LogP contribution in [0.5, 0.6) is 0 Å². The molecule has 0 radical (unpaired) electrons. The summed E-state index contributed by atoms with van der Waals surface area (Å²) in [6.07, 6.45) is -3.76. The minimum absolute atomic E-state index is 0.0734. The Labute approximate surface area is 133 Å². The summed E-state index contributed by atoms with van der Waals surface area (Å²) in [6.45, 7) is 0. The van der Waals surface area contributed by atoms with Gasteiger partial charge in [-0.1, -0.05) is 23.2 Å². The molecule has 0 aliphatic carbocycles. The maximum atomic E-state index is 12.6. The topological polar surface area (TPSA) is 88.6 Å². The average Bonchev–Trinajstić information content (AvgIpc) is 2.41. The highest BCUT2D eigenvalue weighted by Crippen LogP contribution is 2.27. The van der Waals surface area contributed by atoms with Gasteiger partial charge < -0.3 is 0 Å². The van der Waals surface area contributed by atoms with Crippen LogP contribution in [0.25, 0.3) is 0 Å². The van der Waals surface area contributed by atoms with E-state index in [0.29, 0.717) is 0 Å². The Hall–Kier alpha value is -1.52. The third-order valence-electron chi connectivity index (χ3n) is 2.34. The molecule has 0 spiro atoms. The molecule has 0 saturated carbocycles. The molecule has 0 aromatic carbocycles. The predicted octanol–water partition coefficient (Wildman–Crippen LogP) is 2.19. The van der Waals surface area contributed by atoms with Crippen LogP contribution < -0.4 is 5.56 Å². The van der Waals surface area contributed by atoms with E-state index in [1.54, 1.807) is 0 Å². The van der Waals surface area contributed by atoms with Crippen LogP contribution in [0.4, 0.5) is 13.2 Å². The third kappa shape index (κ3) is 3.81. The molecule has 12 heteroatoms. The summed E-state index contributed by atoms with van der Waals surface area (Å²) < 4.78 is 49.9. The maximum Gasteiger partial charge on any atom is 0.433 e. The van der Waals surface area contributed by atoms with E-state index in [1.165, 1.54) is 0 Å². The first-order valence-electron chi connectivity index (χ1n) is 5.40. The first kappa shape index (κ1) is 16.8. The Morgan fingerprint density at radius 2 is 1.82 bits per heavy atom. The van der Waals surface area contributed by atoms with Crippen molar-refractivity contribution in [3.63, 3.8) is 0 Å².